The van der Waals surface area contributed by atoms with E-state index in [1.165, 1.54) is 6.07 Å². The van der Waals surface area contributed by atoms with Crippen molar-refractivity contribution in [2.75, 3.05) is 6.61 Å². The van der Waals surface area contributed by atoms with Crippen LogP contribution in [0.3, 0.4) is 0 Å². The summed E-state index contributed by atoms with van der Waals surface area (Å²) in [7, 11) is 0. The maximum Gasteiger partial charge on any atom is 0.250 e. The van der Waals surface area contributed by atoms with E-state index in [-0.39, 0.29) is 11.6 Å². The van der Waals surface area contributed by atoms with Crippen LogP contribution in [-0.4, -0.2) is 11.2 Å². The third-order valence-corrected chi connectivity index (χ3v) is 2.90. The number of nitrogens with zero attached hydrogens (tertiary/aromatic N) is 1. The molecule has 0 saturated heterocycles. The van der Waals surface area contributed by atoms with Crippen LogP contribution in [-0.2, 0) is 6.54 Å². The average Bonchev–Trinajstić information content (AvgIpc) is 2.41. The fourth-order valence-corrected chi connectivity index (χ4v) is 1.89. The molecular weight excluding hydrogens is 240 g/mol. The van der Waals surface area contributed by atoms with Crippen molar-refractivity contribution in [1.29, 1.82) is 0 Å². The molecule has 4 nitrogen and oxygen atoms in total. The quantitative estimate of drug-likeness (QED) is 0.891. The summed E-state index contributed by atoms with van der Waals surface area (Å²) in [5.74, 6) is 0.779. The van der Waals surface area contributed by atoms with Gasteiger partial charge in [0, 0.05) is 23.9 Å². The number of para-hydroxylation sites is 1. The van der Waals surface area contributed by atoms with Crippen LogP contribution in [0.15, 0.2) is 53.5 Å². The van der Waals surface area contributed by atoms with Crippen molar-refractivity contribution in [1.82, 2.24) is 4.57 Å². The largest absolute Gasteiger partial charge is 0.491 e. The van der Waals surface area contributed by atoms with Crippen LogP contribution in [0.1, 0.15) is 18.5 Å². The number of hydrogen-bond acceptors (Lipinski definition) is 3. The van der Waals surface area contributed by atoms with Crippen LogP contribution in [0.5, 0.6) is 5.75 Å². The fraction of sp³-hybridized carbons (Fsp3) is 0.267. The minimum absolute atomic E-state index is 0.0217. The molecule has 2 rings (SSSR count). The van der Waals surface area contributed by atoms with Gasteiger partial charge in [0.1, 0.15) is 12.4 Å². The van der Waals surface area contributed by atoms with Crippen molar-refractivity contribution < 1.29 is 4.74 Å². The van der Waals surface area contributed by atoms with E-state index >= 15 is 0 Å². The summed E-state index contributed by atoms with van der Waals surface area (Å²) in [6, 6.07) is 12.7. The van der Waals surface area contributed by atoms with Crippen molar-refractivity contribution in [2.24, 2.45) is 5.73 Å². The molecule has 2 aromatic rings. The highest BCUT2D eigenvalue weighted by Crippen LogP contribution is 2.22. The zero-order valence-electron chi connectivity index (χ0n) is 11.0. The molecule has 1 aromatic carbocycles. The van der Waals surface area contributed by atoms with E-state index in [1.54, 1.807) is 16.8 Å². The van der Waals surface area contributed by atoms with E-state index in [0.717, 1.165) is 11.3 Å². The molecule has 0 radical (unpaired) electrons. The molecule has 0 amide bonds. The minimum atomic E-state index is -0.0735. The number of nitrogens with two attached hydrogens (primary N) is 1. The van der Waals surface area contributed by atoms with Gasteiger partial charge in [0.15, 0.2) is 0 Å². The van der Waals surface area contributed by atoms with E-state index in [1.807, 2.05) is 37.3 Å². The van der Waals surface area contributed by atoms with Crippen LogP contribution >= 0.6 is 0 Å². The summed E-state index contributed by atoms with van der Waals surface area (Å²) < 4.78 is 7.34. The van der Waals surface area contributed by atoms with E-state index in [4.69, 9.17) is 10.5 Å². The summed E-state index contributed by atoms with van der Waals surface area (Å²) in [4.78, 5) is 11.5. The second kappa shape index (κ2) is 6.20. The Morgan fingerprint density at radius 1 is 1.21 bits per heavy atom. The monoisotopic (exact) mass is 258 g/mol. The third kappa shape index (κ3) is 3.45. The highest BCUT2D eigenvalue weighted by atomic mass is 16.5. The van der Waals surface area contributed by atoms with Crippen molar-refractivity contribution in [2.45, 2.75) is 19.5 Å². The van der Waals surface area contributed by atoms with Gasteiger partial charge in [-0.2, -0.15) is 0 Å². The lowest BCUT2D eigenvalue weighted by Crippen LogP contribution is -2.21. The van der Waals surface area contributed by atoms with Gasteiger partial charge in [-0.3, -0.25) is 4.79 Å². The van der Waals surface area contributed by atoms with Gasteiger partial charge >= 0.3 is 0 Å². The Bertz CT molecular complexity index is 590. The maximum absolute atomic E-state index is 11.5. The van der Waals surface area contributed by atoms with Gasteiger partial charge in [-0.05, 0) is 19.1 Å². The van der Waals surface area contributed by atoms with Gasteiger partial charge in [-0.15, -0.1) is 0 Å². The fourth-order valence-electron chi connectivity index (χ4n) is 1.89. The molecule has 0 aliphatic carbocycles. The van der Waals surface area contributed by atoms with Gasteiger partial charge in [0.05, 0.1) is 6.54 Å². The first kappa shape index (κ1) is 13.4. The molecule has 0 aliphatic rings. The van der Waals surface area contributed by atoms with Crippen molar-refractivity contribution >= 4 is 0 Å². The van der Waals surface area contributed by atoms with Crippen LogP contribution in [0, 0.1) is 0 Å². The maximum atomic E-state index is 11.5. The number of ether oxygens (including phenoxy) is 1. The molecule has 2 N–H and O–H groups in total. The topological polar surface area (TPSA) is 57.2 Å². The van der Waals surface area contributed by atoms with E-state index < -0.39 is 0 Å². The van der Waals surface area contributed by atoms with Crippen molar-refractivity contribution in [3.05, 3.63) is 64.6 Å². The third-order valence-electron chi connectivity index (χ3n) is 2.90. The molecule has 0 spiro atoms. The minimum Gasteiger partial charge on any atom is -0.491 e. The Balaban J connectivity index is 2.00. The van der Waals surface area contributed by atoms with Gasteiger partial charge in [-0.1, -0.05) is 24.3 Å². The molecule has 0 fully saturated rings. The van der Waals surface area contributed by atoms with Crippen LogP contribution < -0.4 is 16.0 Å². The van der Waals surface area contributed by atoms with Gasteiger partial charge in [0.25, 0.3) is 5.56 Å². The lowest BCUT2D eigenvalue weighted by molar-refractivity contribution is 0.292. The van der Waals surface area contributed by atoms with Crippen LogP contribution in [0.25, 0.3) is 0 Å². The highest BCUT2D eigenvalue weighted by Gasteiger charge is 2.06. The molecule has 19 heavy (non-hydrogen) atoms. The second-order valence-corrected chi connectivity index (χ2v) is 4.41. The summed E-state index contributed by atoms with van der Waals surface area (Å²) >= 11 is 0. The number of pyridine rings is 1. The van der Waals surface area contributed by atoms with Crippen molar-refractivity contribution in [3.8, 4) is 5.75 Å². The van der Waals surface area contributed by atoms with Gasteiger partial charge < -0.3 is 15.0 Å². The number of rotatable bonds is 5. The number of aromatic nitrogens is 1. The molecule has 1 heterocycles. The Morgan fingerprint density at radius 3 is 2.68 bits per heavy atom. The SMILES string of the molecule is C[C@@H](N)c1ccccc1OCCn1ccccc1=O. The zero-order valence-corrected chi connectivity index (χ0v) is 11.0. The van der Waals surface area contributed by atoms with Crippen LogP contribution in [0.2, 0.25) is 0 Å². The second-order valence-electron chi connectivity index (χ2n) is 4.41. The summed E-state index contributed by atoms with van der Waals surface area (Å²) in [5, 5.41) is 0. The molecule has 1 aromatic heterocycles. The van der Waals surface area contributed by atoms with Gasteiger partial charge in [0.2, 0.25) is 0 Å². The summed E-state index contributed by atoms with van der Waals surface area (Å²) in [5.41, 5.74) is 6.84. The molecule has 100 valence electrons. The molecular formula is C15H18N2O2. The first-order valence-electron chi connectivity index (χ1n) is 6.31. The summed E-state index contributed by atoms with van der Waals surface area (Å²) in [6.45, 7) is 2.88. The van der Waals surface area contributed by atoms with Crippen LogP contribution in [0.4, 0.5) is 0 Å². The number of hydrogen-bond donors (Lipinski definition) is 1. The first-order chi connectivity index (χ1) is 9.18. The predicted octanol–water partition coefficient (Wildman–Crippen LogP) is 1.95. The normalized spacial score (nSPS) is 12.1. The van der Waals surface area contributed by atoms with E-state index in [2.05, 4.69) is 0 Å². The van der Waals surface area contributed by atoms with E-state index in [9.17, 15) is 4.79 Å². The molecule has 0 bridgehead atoms. The number of benzene rings is 1. The highest BCUT2D eigenvalue weighted by molar-refractivity contribution is 5.35. The lowest BCUT2D eigenvalue weighted by Gasteiger charge is -2.14. The lowest BCUT2D eigenvalue weighted by atomic mass is 10.1. The molecule has 0 aliphatic heterocycles. The summed E-state index contributed by atoms with van der Waals surface area (Å²) in [6.07, 6.45) is 1.75. The van der Waals surface area contributed by atoms with Crippen molar-refractivity contribution in [3.63, 3.8) is 0 Å². The van der Waals surface area contributed by atoms with E-state index in [0.29, 0.717) is 13.2 Å². The smallest absolute Gasteiger partial charge is 0.250 e. The molecule has 0 unspecified atom stereocenters. The predicted molar refractivity (Wildman–Crippen MR) is 75.2 cm³/mol. The first-order valence-corrected chi connectivity index (χ1v) is 6.31. The zero-order chi connectivity index (χ0) is 13.7. The Kier molecular flexibility index (Phi) is 4.36. The molecule has 1 atom stereocenters. The Morgan fingerprint density at radius 2 is 1.95 bits per heavy atom. The Labute approximate surface area is 112 Å². The average molecular weight is 258 g/mol. The Hall–Kier alpha value is -2.07. The standard InChI is InChI=1S/C15H18N2O2/c1-12(16)13-6-2-3-7-14(13)19-11-10-17-9-5-4-8-15(17)18/h2-9,12H,10-11,16H2,1H3/t12-/m1/s1. The van der Waals surface area contributed by atoms with Gasteiger partial charge in [-0.25, -0.2) is 0 Å². The molecule has 0 saturated carbocycles. The molecule has 4 heteroatoms.